The first-order valence-electron chi connectivity index (χ1n) is 6.99. The van der Waals surface area contributed by atoms with Gasteiger partial charge in [0.15, 0.2) is 0 Å². The van der Waals surface area contributed by atoms with E-state index in [1.807, 2.05) is 10.6 Å². The van der Waals surface area contributed by atoms with Crippen molar-refractivity contribution in [1.29, 1.82) is 0 Å². The Kier molecular flexibility index (Phi) is 5.76. The van der Waals surface area contributed by atoms with Gasteiger partial charge in [-0.2, -0.15) is 26.3 Å². The molecule has 2 N–H and O–H groups in total. The summed E-state index contributed by atoms with van der Waals surface area (Å²) in [6.07, 6.45) is -9.68. The third-order valence-electron chi connectivity index (χ3n) is 3.20. The molecule has 0 fully saturated rings. The van der Waals surface area contributed by atoms with E-state index >= 15 is 0 Å². The molecule has 25 heavy (non-hydrogen) atoms. The Morgan fingerprint density at radius 2 is 1.40 bits per heavy atom. The van der Waals surface area contributed by atoms with Gasteiger partial charge in [-0.3, -0.25) is 9.59 Å². The molecule has 1 unspecified atom stereocenters. The molecule has 1 atom stereocenters. The van der Waals surface area contributed by atoms with E-state index in [9.17, 15) is 35.9 Å². The first-order chi connectivity index (χ1) is 11.2. The molecule has 1 aliphatic carbocycles. The lowest BCUT2D eigenvalue weighted by Crippen LogP contribution is -2.31. The SMILES string of the molecule is CC(=O)NC1=CC(C(F)(F)F)C(C(=C(C)C)C(F)(F)F)=C1NC(C)=O. The molecular formula is C15H16F6N2O2. The number of hydrogen-bond donors (Lipinski definition) is 2. The number of carbonyl (C=O) groups excluding carboxylic acids is 2. The molecule has 0 aromatic carbocycles. The zero-order valence-electron chi connectivity index (χ0n) is 13.7. The van der Waals surface area contributed by atoms with Gasteiger partial charge >= 0.3 is 12.4 Å². The van der Waals surface area contributed by atoms with Gasteiger partial charge in [0.1, 0.15) is 5.92 Å². The molecule has 4 nitrogen and oxygen atoms in total. The van der Waals surface area contributed by atoms with Crippen LogP contribution in [0.1, 0.15) is 27.7 Å². The molecule has 0 heterocycles. The van der Waals surface area contributed by atoms with Crippen molar-refractivity contribution in [2.75, 3.05) is 0 Å². The van der Waals surface area contributed by atoms with Crippen molar-refractivity contribution in [3.05, 3.63) is 34.2 Å². The standard InChI is InChI=1S/C15H16F6N2O2/c1-6(2)12(15(19,20)21)11-9(14(16,17)18)5-10(22-7(3)24)13(11)23-8(4)25/h5,9H,1-4H3,(H,22,24)(H,23,25). The van der Waals surface area contributed by atoms with Crippen molar-refractivity contribution in [2.45, 2.75) is 40.0 Å². The Hall–Kier alpha value is -2.26. The van der Waals surface area contributed by atoms with Crippen LogP contribution in [0.25, 0.3) is 0 Å². The summed E-state index contributed by atoms with van der Waals surface area (Å²) in [4.78, 5) is 22.5. The molecule has 140 valence electrons. The summed E-state index contributed by atoms with van der Waals surface area (Å²) in [6, 6.07) is 0. The number of hydrogen-bond acceptors (Lipinski definition) is 2. The predicted octanol–water partition coefficient (Wildman–Crippen LogP) is 3.49. The maximum Gasteiger partial charge on any atom is 0.416 e. The molecule has 0 spiro atoms. The number of amides is 2. The topological polar surface area (TPSA) is 58.2 Å². The Morgan fingerprint density at radius 3 is 1.72 bits per heavy atom. The highest BCUT2D eigenvalue weighted by atomic mass is 19.4. The average molecular weight is 370 g/mol. The third-order valence-corrected chi connectivity index (χ3v) is 3.20. The minimum atomic E-state index is -5.08. The lowest BCUT2D eigenvalue weighted by atomic mass is 9.90. The zero-order chi connectivity index (χ0) is 19.7. The lowest BCUT2D eigenvalue weighted by Gasteiger charge is -2.24. The number of nitrogens with one attached hydrogen (secondary N) is 2. The zero-order valence-corrected chi connectivity index (χ0v) is 13.7. The fourth-order valence-corrected chi connectivity index (χ4v) is 2.48. The number of carbonyl (C=O) groups is 2. The van der Waals surface area contributed by atoms with E-state index in [0.29, 0.717) is 6.08 Å². The number of rotatable bonds is 3. The summed E-state index contributed by atoms with van der Waals surface area (Å²) in [5.41, 5.74) is -4.27. The molecule has 2 amide bonds. The highest BCUT2D eigenvalue weighted by molar-refractivity contribution is 5.81. The van der Waals surface area contributed by atoms with Crippen molar-refractivity contribution in [1.82, 2.24) is 10.6 Å². The third kappa shape index (κ3) is 4.86. The van der Waals surface area contributed by atoms with Crippen LogP contribution in [-0.4, -0.2) is 24.2 Å². The van der Waals surface area contributed by atoms with Crippen molar-refractivity contribution in [2.24, 2.45) is 5.92 Å². The van der Waals surface area contributed by atoms with Crippen molar-refractivity contribution in [3.63, 3.8) is 0 Å². The second-order valence-electron chi connectivity index (χ2n) is 5.62. The second-order valence-corrected chi connectivity index (χ2v) is 5.62. The molecule has 0 saturated carbocycles. The van der Waals surface area contributed by atoms with Crippen molar-refractivity contribution < 1.29 is 35.9 Å². The predicted molar refractivity (Wildman–Crippen MR) is 76.7 cm³/mol. The minimum absolute atomic E-state index is 0.405. The van der Waals surface area contributed by atoms with Crippen LogP contribution in [0.4, 0.5) is 26.3 Å². The first-order valence-corrected chi connectivity index (χ1v) is 6.99. The molecule has 0 aromatic rings. The van der Waals surface area contributed by atoms with Crippen LogP contribution >= 0.6 is 0 Å². The van der Waals surface area contributed by atoms with E-state index in [-0.39, 0.29) is 0 Å². The Labute approximate surface area is 139 Å². The average Bonchev–Trinajstić information content (AvgIpc) is 2.65. The van der Waals surface area contributed by atoms with Gasteiger partial charge in [0.25, 0.3) is 0 Å². The summed E-state index contributed by atoms with van der Waals surface area (Å²) in [5, 5.41) is 4.01. The highest BCUT2D eigenvalue weighted by Crippen LogP contribution is 2.48. The van der Waals surface area contributed by atoms with E-state index in [4.69, 9.17) is 0 Å². The normalized spacial score (nSPS) is 18.0. The van der Waals surface area contributed by atoms with Gasteiger partial charge in [0, 0.05) is 19.4 Å². The van der Waals surface area contributed by atoms with E-state index in [1.165, 1.54) is 0 Å². The molecule has 0 aliphatic heterocycles. The summed E-state index contributed by atoms with van der Waals surface area (Å²) < 4.78 is 80.3. The molecule has 10 heteroatoms. The van der Waals surface area contributed by atoms with E-state index in [2.05, 4.69) is 0 Å². The summed E-state index contributed by atoms with van der Waals surface area (Å²) in [6.45, 7) is 3.96. The van der Waals surface area contributed by atoms with E-state index in [1.54, 1.807) is 0 Å². The number of alkyl halides is 6. The van der Waals surface area contributed by atoms with Gasteiger partial charge in [0.05, 0.1) is 17.0 Å². The van der Waals surface area contributed by atoms with E-state index in [0.717, 1.165) is 27.7 Å². The molecule has 0 aromatic heterocycles. The summed E-state index contributed by atoms with van der Waals surface area (Å²) in [7, 11) is 0. The Bertz CT molecular complexity index is 679. The lowest BCUT2D eigenvalue weighted by molar-refractivity contribution is -0.153. The van der Waals surface area contributed by atoms with Crippen molar-refractivity contribution in [3.8, 4) is 0 Å². The van der Waals surface area contributed by atoms with Gasteiger partial charge in [-0.1, -0.05) is 5.57 Å². The van der Waals surface area contributed by atoms with Crippen LogP contribution in [-0.2, 0) is 9.59 Å². The first kappa shape index (κ1) is 20.8. The van der Waals surface area contributed by atoms with Crippen LogP contribution in [0.15, 0.2) is 34.2 Å². The smallest absolute Gasteiger partial charge is 0.325 e. The van der Waals surface area contributed by atoms with Gasteiger partial charge in [-0.25, -0.2) is 0 Å². The summed E-state index contributed by atoms with van der Waals surface area (Å²) >= 11 is 0. The van der Waals surface area contributed by atoms with Gasteiger partial charge < -0.3 is 10.6 Å². The largest absolute Gasteiger partial charge is 0.416 e. The minimum Gasteiger partial charge on any atom is -0.325 e. The van der Waals surface area contributed by atoms with Gasteiger partial charge in [-0.15, -0.1) is 0 Å². The monoisotopic (exact) mass is 370 g/mol. The van der Waals surface area contributed by atoms with Crippen LogP contribution < -0.4 is 10.6 Å². The summed E-state index contributed by atoms with van der Waals surface area (Å²) in [5.74, 6) is -4.29. The fraction of sp³-hybridized carbons (Fsp3) is 0.467. The molecule has 0 radical (unpaired) electrons. The Balaban J connectivity index is 3.78. The molecule has 1 aliphatic rings. The molecule has 1 rings (SSSR count). The number of halogens is 6. The quantitative estimate of drug-likeness (QED) is 0.748. The van der Waals surface area contributed by atoms with Gasteiger partial charge in [0.2, 0.25) is 11.8 Å². The van der Waals surface area contributed by atoms with Gasteiger partial charge in [-0.05, 0) is 19.9 Å². The van der Waals surface area contributed by atoms with Crippen LogP contribution in [0.5, 0.6) is 0 Å². The molecular weight excluding hydrogens is 354 g/mol. The maximum absolute atomic E-state index is 13.4. The van der Waals surface area contributed by atoms with Crippen LogP contribution in [0, 0.1) is 5.92 Å². The Morgan fingerprint density at radius 1 is 0.920 bits per heavy atom. The van der Waals surface area contributed by atoms with E-state index < -0.39 is 58.2 Å². The van der Waals surface area contributed by atoms with Crippen molar-refractivity contribution >= 4 is 11.8 Å². The molecule has 0 saturated heterocycles. The molecule has 0 bridgehead atoms. The number of allylic oxidation sites excluding steroid dienone is 4. The second kappa shape index (κ2) is 6.93. The fourth-order valence-electron chi connectivity index (χ4n) is 2.48. The highest BCUT2D eigenvalue weighted by Gasteiger charge is 2.51. The maximum atomic E-state index is 13.4. The van der Waals surface area contributed by atoms with Crippen LogP contribution in [0.3, 0.4) is 0 Å². The van der Waals surface area contributed by atoms with Crippen LogP contribution in [0.2, 0.25) is 0 Å².